The second-order valence-corrected chi connectivity index (χ2v) is 6.74. The number of halogens is 2. The maximum absolute atomic E-state index is 12.0. The van der Waals surface area contributed by atoms with Gasteiger partial charge in [0.2, 0.25) is 5.91 Å². The molecule has 0 spiro atoms. The zero-order valence-corrected chi connectivity index (χ0v) is 14.0. The number of aromatic amines is 1. The van der Waals surface area contributed by atoms with Crippen LogP contribution in [-0.4, -0.2) is 22.1 Å². The highest BCUT2D eigenvalue weighted by molar-refractivity contribution is 6.42. The van der Waals surface area contributed by atoms with E-state index in [4.69, 9.17) is 28.9 Å². The minimum atomic E-state index is 0.0589. The van der Waals surface area contributed by atoms with Crippen molar-refractivity contribution in [1.82, 2.24) is 15.5 Å². The number of nitrogens with one attached hydrogen (secondary N) is 2. The summed E-state index contributed by atoms with van der Waals surface area (Å²) in [5.41, 5.74) is 7.65. The molecular formula is C16H18Cl2N4O. The van der Waals surface area contributed by atoms with Crippen molar-refractivity contribution in [1.29, 1.82) is 0 Å². The molecule has 0 bridgehead atoms. The molecule has 1 heterocycles. The lowest BCUT2D eigenvalue weighted by molar-refractivity contribution is -0.122. The summed E-state index contributed by atoms with van der Waals surface area (Å²) in [5, 5.41) is 11.0. The Labute approximate surface area is 144 Å². The van der Waals surface area contributed by atoms with E-state index in [1.807, 2.05) is 12.1 Å². The van der Waals surface area contributed by atoms with Gasteiger partial charge in [0.15, 0.2) is 0 Å². The Bertz CT molecular complexity index is 710. The largest absolute Gasteiger partial charge is 0.382 e. The zero-order chi connectivity index (χ0) is 16.4. The number of amides is 1. The van der Waals surface area contributed by atoms with E-state index in [0.29, 0.717) is 34.6 Å². The maximum atomic E-state index is 12.0. The van der Waals surface area contributed by atoms with Gasteiger partial charge in [-0.2, -0.15) is 5.10 Å². The van der Waals surface area contributed by atoms with E-state index >= 15 is 0 Å². The van der Waals surface area contributed by atoms with E-state index in [1.165, 1.54) is 0 Å². The van der Waals surface area contributed by atoms with Crippen LogP contribution in [0, 0.1) is 0 Å². The Morgan fingerprint density at radius 2 is 2.09 bits per heavy atom. The van der Waals surface area contributed by atoms with Gasteiger partial charge in [0.1, 0.15) is 5.82 Å². The Hall–Kier alpha value is -1.72. The minimum Gasteiger partial charge on any atom is -0.382 e. The third-order valence-corrected chi connectivity index (χ3v) is 4.92. The van der Waals surface area contributed by atoms with Crippen molar-refractivity contribution in [2.45, 2.75) is 37.6 Å². The van der Waals surface area contributed by atoms with E-state index in [-0.39, 0.29) is 11.9 Å². The van der Waals surface area contributed by atoms with Crippen LogP contribution in [0.3, 0.4) is 0 Å². The molecule has 7 heteroatoms. The number of nitrogens with zero attached hydrogens (tertiary/aromatic N) is 1. The lowest BCUT2D eigenvalue weighted by Gasteiger charge is -2.35. The van der Waals surface area contributed by atoms with Crippen LogP contribution < -0.4 is 11.1 Å². The molecule has 0 atom stereocenters. The van der Waals surface area contributed by atoms with Crippen LogP contribution in [0.4, 0.5) is 5.82 Å². The molecule has 5 nitrogen and oxygen atoms in total. The van der Waals surface area contributed by atoms with Crippen LogP contribution in [0.15, 0.2) is 24.3 Å². The first-order valence-electron chi connectivity index (χ1n) is 7.55. The molecule has 23 heavy (non-hydrogen) atoms. The van der Waals surface area contributed by atoms with Crippen molar-refractivity contribution in [2.75, 3.05) is 5.73 Å². The summed E-state index contributed by atoms with van der Waals surface area (Å²) in [6, 6.07) is 7.53. The average Bonchev–Trinajstić information content (AvgIpc) is 2.89. The van der Waals surface area contributed by atoms with Crippen LogP contribution in [0.5, 0.6) is 0 Å². The standard InChI is InChI=1S/C16H18Cl2N4O/c17-12-3-1-9(5-13(12)18)2-4-16(23)20-11-6-10(7-11)14-8-15(19)22-21-14/h1,3,5,8,10-11H,2,4,6-7H2,(H,20,23)(H3,19,21,22). The fourth-order valence-electron chi connectivity index (χ4n) is 2.80. The first kappa shape index (κ1) is 16.1. The molecule has 122 valence electrons. The highest BCUT2D eigenvalue weighted by Gasteiger charge is 2.32. The highest BCUT2D eigenvalue weighted by Crippen LogP contribution is 2.36. The number of aryl methyl sites for hydroxylation is 1. The number of nitrogen functional groups attached to an aromatic ring is 1. The smallest absolute Gasteiger partial charge is 0.220 e. The third-order valence-electron chi connectivity index (χ3n) is 4.19. The van der Waals surface area contributed by atoms with Crippen LogP contribution in [0.25, 0.3) is 0 Å². The highest BCUT2D eigenvalue weighted by atomic mass is 35.5. The van der Waals surface area contributed by atoms with Gasteiger partial charge in [-0.1, -0.05) is 29.3 Å². The molecule has 0 unspecified atom stereocenters. The van der Waals surface area contributed by atoms with Crippen LogP contribution in [0.1, 0.15) is 36.4 Å². The number of hydrogen-bond donors (Lipinski definition) is 3. The molecule has 1 saturated carbocycles. The molecule has 1 amide bonds. The summed E-state index contributed by atoms with van der Waals surface area (Å²) in [4.78, 5) is 12.0. The number of benzene rings is 1. The molecule has 1 fully saturated rings. The minimum absolute atomic E-state index is 0.0589. The Kier molecular flexibility index (Phi) is 4.78. The SMILES string of the molecule is Nc1cc(C2CC(NC(=O)CCc3ccc(Cl)c(Cl)c3)C2)[nH]n1. The quantitative estimate of drug-likeness (QED) is 0.771. The molecule has 1 aliphatic rings. The number of carbonyl (C=O) groups excluding carboxylic acids is 1. The van der Waals surface area contributed by atoms with Crippen molar-refractivity contribution >= 4 is 34.9 Å². The van der Waals surface area contributed by atoms with E-state index in [1.54, 1.807) is 12.1 Å². The molecule has 3 rings (SSSR count). The Balaban J connectivity index is 1.41. The lowest BCUT2D eigenvalue weighted by atomic mass is 9.78. The van der Waals surface area contributed by atoms with Gasteiger partial charge in [0, 0.05) is 30.1 Å². The van der Waals surface area contributed by atoms with E-state index in [2.05, 4.69) is 15.5 Å². The monoisotopic (exact) mass is 352 g/mol. The van der Waals surface area contributed by atoms with Gasteiger partial charge < -0.3 is 11.1 Å². The molecule has 1 aromatic heterocycles. The van der Waals surface area contributed by atoms with Crippen molar-refractivity contribution in [2.24, 2.45) is 0 Å². The summed E-state index contributed by atoms with van der Waals surface area (Å²) in [5.74, 6) is 0.970. The summed E-state index contributed by atoms with van der Waals surface area (Å²) in [7, 11) is 0. The number of carbonyl (C=O) groups is 1. The van der Waals surface area contributed by atoms with E-state index in [0.717, 1.165) is 24.1 Å². The van der Waals surface area contributed by atoms with Crippen molar-refractivity contribution in [3.8, 4) is 0 Å². The number of anilines is 1. The van der Waals surface area contributed by atoms with Gasteiger partial charge in [-0.05, 0) is 37.0 Å². The lowest BCUT2D eigenvalue weighted by Crippen LogP contribution is -2.43. The molecule has 0 radical (unpaired) electrons. The predicted octanol–water partition coefficient (Wildman–Crippen LogP) is 3.29. The number of rotatable bonds is 5. The Morgan fingerprint density at radius 3 is 2.74 bits per heavy atom. The number of aromatic nitrogens is 2. The fraction of sp³-hybridized carbons (Fsp3) is 0.375. The maximum Gasteiger partial charge on any atom is 0.220 e. The molecule has 1 aromatic carbocycles. The Morgan fingerprint density at radius 1 is 1.30 bits per heavy atom. The molecule has 0 saturated heterocycles. The van der Waals surface area contributed by atoms with Gasteiger partial charge in [-0.3, -0.25) is 9.89 Å². The van der Waals surface area contributed by atoms with Crippen LogP contribution >= 0.6 is 23.2 Å². The molecule has 2 aromatic rings. The van der Waals surface area contributed by atoms with E-state index in [9.17, 15) is 4.79 Å². The summed E-state index contributed by atoms with van der Waals surface area (Å²) in [6.45, 7) is 0. The van der Waals surface area contributed by atoms with Crippen molar-refractivity contribution in [3.05, 3.63) is 45.6 Å². The van der Waals surface area contributed by atoms with Crippen LogP contribution in [-0.2, 0) is 11.2 Å². The first-order chi connectivity index (χ1) is 11.0. The van der Waals surface area contributed by atoms with Gasteiger partial charge in [-0.15, -0.1) is 0 Å². The number of nitrogens with two attached hydrogens (primary N) is 1. The number of H-pyrrole nitrogens is 1. The zero-order valence-electron chi connectivity index (χ0n) is 12.5. The molecule has 0 aliphatic heterocycles. The van der Waals surface area contributed by atoms with Gasteiger partial charge in [0.05, 0.1) is 10.0 Å². The van der Waals surface area contributed by atoms with E-state index < -0.39 is 0 Å². The molecular weight excluding hydrogens is 335 g/mol. The average molecular weight is 353 g/mol. The normalized spacial score (nSPS) is 20.1. The van der Waals surface area contributed by atoms with Gasteiger partial charge in [0.25, 0.3) is 0 Å². The first-order valence-corrected chi connectivity index (χ1v) is 8.31. The second-order valence-electron chi connectivity index (χ2n) is 5.93. The van der Waals surface area contributed by atoms with Gasteiger partial charge >= 0.3 is 0 Å². The second kappa shape index (κ2) is 6.81. The molecule has 1 aliphatic carbocycles. The summed E-state index contributed by atoms with van der Waals surface area (Å²) >= 11 is 11.8. The molecule has 4 N–H and O–H groups in total. The topological polar surface area (TPSA) is 83.8 Å². The predicted molar refractivity (Wildman–Crippen MR) is 91.7 cm³/mol. The van der Waals surface area contributed by atoms with Gasteiger partial charge in [-0.25, -0.2) is 0 Å². The van der Waals surface area contributed by atoms with Crippen LogP contribution in [0.2, 0.25) is 10.0 Å². The number of hydrogen-bond acceptors (Lipinski definition) is 3. The third kappa shape index (κ3) is 3.98. The fourth-order valence-corrected chi connectivity index (χ4v) is 3.13. The summed E-state index contributed by atoms with van der Waals surface area (Å²) < 4.78 is 0. The summed E-state index contributed by atoms with van der Waals surface area (Å²) in [6.07, 6.45) is 2.92. The van der Waals surface area contributed by atoms with Crippen molar-refractivity contribution in [3.63, 3.8) is 0 Å². The van der Waals surface area contributed by atoms with Crippen molar-refractivity contribution < 1.29 is 4.79 Å².